The highest BCUT2D eigenvalue weighted by atomic mass is 19.1. The zero-order chi connectivity index (χ0) is 16.7. The number of hydrogen-bond donors (Lipinski definition) is 1. The normalized spacial score (nSPS) is 20.5. The molecule has 1 saturated heterocycles. The molecular formula is C16H21BF2O3. The van der Waals surface area contributed by atoms with Crippen LogP contribution in [0.2, 0.25) is 0 Å². The zero-order valence-electron chi connectivity index (χ0n) is 13.5. The first-order valence-corrected chi connectivity index (χ1v) is 7.20. The number of rotatable bonds is 3. The maximum atomic E-state index is 13.9. The Morgan fingerprint density at radius 3 is 2.18 bits per heavy atom. The Balaban J connectivity index is 2.36. The molecule has 0 bridgehead atoms. The monoisotopic (exact) mass is 310 g/mol. The second kappa shape index (κ2) is 5.76. The van der Waals surface area contributed by atoms with Crippen molar-refractivity contribution in [2.45, 2.75) is 45.8 Å². The maximum Gasteiger partial charge on any atom is 0.492 e. The topological polar surface area (TPSA) is 38.7 Å². The molecule has 1 fully saturated rings. The highest BCUT2D eigenvalue weighted by Gasteiger charge is 2.52. The Bertz CT molecular complexity index is 596. The van der Waals surface area contributed by atoms with Gasteiger partial charge in [-0.3, -0.25) is 0 Å². The molecule has 0 unspecified atom stereocenters. The minimum absolute atomic E-state index is 0.192. The van der Waals surface area contributed by atoms with Crippen molar-refractivity contribution in [2.75, 3.05) is 6.61 Å². The van der Waals surface area contributed by atoms with E-state index in [1.807, 2.05) is 27.7 Å². The highest BCUT2D eigenvalue weighted by Crippen LogP contribution is 2.38. The molecule has 0 atom stereocenters. The van der Waals surface area contributed by atoms with E-state index in [4.69, 9.17) is 9.31 Å². The van der Waals surface area contributed by atoms with Crippen molar-refractivity contribution in [1.82, 2.24) is 0 Å². The van der Waals surface area contributed by atoms with Gasteiger partial charge >= 0.3 is 7.12 Å². The van der Waals surface area contributed by atoms with Crippen LogP contribution in [0.15, 0.2) is 17.6 Å². The van der Waals surface area contributed by atoms with E-state index in [0.29, 0.717) is 11.0 Å². The second-order valence-electron chi connectivity index (χ2n) is 6.59. The SMILES string of the molecule is Cc1cc(C=C(CO)B2OC(C)(C)C(C)(C)O2)c(F)cc1F. The van der Waals surface area contributed by atoms with Crippen molar-refractivity contribution in [3.63, 3.8) is 0 Å². The predicted octanol–water partition coefficient (Wildman–Crippen LogP) is 3.28. The van der Waals surface area contributed by atoms with Crippen LogP contribution in [0.3, 0.4) is 0 Å². The third-order valence-electron chi connectivity index (χ3n) is 4.36. The summed E-state index contributed by atoms with van der Waals surface area (Å²) in [7, 11) is -0.764. The van der Waals surface area contributed by atoms with Crippen molar-refractivity contribution in [2.24, 2.45) is 0 Å². The van der Waals surface area contributed by atoms with Gasteiger partial charge in [0.2, 0.25) is 0 Å². The molecule has 0 aliphatic carbocycles. The lowest BCUT2D eigenvalue weighted by Crippen LogP contribution is -2.41. The molecule has 120 valence electrons. The predicted molar refractivity (Wildman–Crippen MR) is 82.2 cm³/mol. The van der Waals surface area contributed by atoms with Crippen LogP contribution >= 0.6 is 0 Å². The summed E-state index contributed by atoms with van der Waals surface area (Å²) in [5.74, 6) is -1.29. The van der Waals surface area contributed by atoms with Gasteiger partial charge in [0.1, 0.15) is 11.6 Å². The summed E-state index contributed by atoms with van der Waals surface area (Å²) in [6, 6.07) is 2.23. The fourth-order valence-electron chi connectivity index (χ4n) is 2.17. The van der Waals surface area contributed by atoms with Crippen molar-refractivity contribution >= 4 is 13.2 Å². The summed E-state index contributed by atoms with van der Waals surface area (Å²) in [5.41, 5.74) is -0.188. The van der Waals surface area contributed by atoms with Crippen LogP contribution < -0.4 is 0 Å². The Kier molecular flexibility index (Phi) is 4.48. The molecule has 1 aliphatic rings. The molecule has 0 spiro atoms. The van der Waals surface area contributed by atoms with Crippen LogP contribution in [-0.2, 0) is 9.31 Å². The molecule has 0 amide bonds. The first-order chi connectivity index (χ1) is 10.1. The average Bonchev–Trinajstić information content (AvgIpc) is 2.61. The number of benzene rings is 1. The summed E-state index contributed by atoms with van der Waals surface area (Å²) in [4.78, 5) is 0. The number of halogens is 2. The van der Waals surface area contributed by atoms with E-state index < -0.39 is 30.0 Å². The Morgan fingerprint density at radius 1 is 1.14 bits per heavy atom. The van der Waals surface area contributed by atoms with E-state index in [1.165, 1.54) is 12.1 Å². The maximum absolute atomic E-state index is 13.9. The Morgan fingerprint density at radius 2 is 1.68 bits per heavy atom. The first kappa shape index (κ1) is 17.1. The molecule has 3 nitrogen and oxygen atoms in total. The molecule has 1 N–H and O–H groups in total. The number of aryl methyl sites for hydroxylation is 1. The first-order valence-electron chi connectivity index (χ1n) is 7.20. The van der Waals surface area contributed by atoms with Crippen LogP contribution in [0.5, 0.6) is 0 Å². The van der Waals surface area contributed by atoms with E-state index in [0.717, 1.165) is 6.07 Å². The molecule has 1 heterocycles. The van der Waals surface area contributed by atoms with Gasteiger partial charge in [-0.1, -0.05) is 6.08 Å². The molecule has 1 aromatic carbocycles. The van der Waals surface area contributed by atoms with Crippen LogP contribution in [0.25, 0.3) is 6.08 Å². The van der Waals surface area contributed by atoms with Crippen LogP contribution in [0.4, 0.5) is 8.78 Å². The third-order valence-corrected chi connectivity index (χ3v) is 4.36. The van der Waals surface area contributed by atoms with E-state index in [-0.39, 0.29) is 12.2 Å². The van der Waals surface area contributed by atoms with Gasteiger partial charge < -0.3 is 14.4 Å². The van der Waals surface area contributed by atoms with Crippen LogP contribution in [-0.4, -0.2) is 30.0 Å². The quantitative estimate of drug-likeness (QED) is 0.871. The summed E-state index contributed by atoms with van der Waals surface area (Å²) < 4.78 is 38.9. The molecule has 6 heteroatoms. The molecule has 0 saturated carbocycles. The lowest BCUT2D eigenvalue weighted by Gasteiger charge is -2.32. The van der Waals surface area contributed by atoms with Gasteiger partial charge in [-0.25, -0.2) is 8.78 Å². The molecule has 2 rings (SSSR count). The van der Waals surface area contributed by atoms with E-state index >= 15 is 0 Å². The summed E-state index contributed by atoms with van der Waals surface area (Å²) in [6.45, 7) is 8.79. The zero-order valence-corrected chi connectivity index (χ0v) is 13.5. The van der Waals surface area contributed by atoms with Gasteiger partial charge in [0, 0.05) is 11.6 Å². The van der Waals surface area contributed by atoms with Crippen molar-refractivity contribution in [3.8, 4) is 0 Å². The molecule has 1 aromatic rings. The standard InChI is InChI=1S/C16H21BF2O3/c1-10-6-11(14(19)8-13(10)18)7-12(9-20)17-21-15(2,3)16(4,5)22-17/h6-8,20H,9H2,1-5H3. The minimum Gasteiger partial charge on any atom is -0.400 e. The molecule has 0 radical (unpaired) electrons. The Hall–Kier alpha value is -1.24. The summed E-state index contributed by atoms with van der Waals surface area (Å²) >= 11 is 0. The van der Waals surface area contributed by atoms with Gasteiger partial charge in [-0.15, -0.1) is 0 Å². The van der Waals surface area contributed by atoms with E-state index in [9.17, 15) is 13.9 Å². The smallest absolute Gasteiger partial charge is 0.400 e. The fourth-order valence-corrected chi connectivity index (χ4v) is 2.17. The van der Waals surface area contributed by atoms with Crippen LogP contribution in [0.1, 0.15) is 38.8 Å². The number of hydrogen-bond acceptors (Lipinski definition) is 3. The van der Waals surface area contributed by atoms with Gasteiger partial charge in [-0.2, -0.15) is 0 Å². The Labute approximate surface area is 130 Å². The van der Waals surface area contributed by atoms with E-state index in [1.54, 1.807) is 6.92 Å². The number of aliphatic hydroxyl groups is 1. The largest absolute Gasteiger partial charge is 0.492 e. The minimum atomic E-state index is -0.764. The van der Waals surface area contributed by atoms with Crippen molar-refractivity contribution in [1.29, 1.82) is 0 Å². The molecular weight excluding hydrogens is 289 g/mol. The van der Waals surface area contributed by atoms with Crippen molar-refractivity contribution in [3.05, 3.63) is 40.4 Å². The van der Waals surface area contributed by atoms with Crippen LogP contribution in [0, 0.1) is 18.6 Å². The second-order valence-corrected chi connectivity index (χ2v) is 6.59. The molecule has 22 heavy (non-hydrogen) atoms. The summed E-state index contributed by atoms with van der Waals surface area (Å²) in [6.07, 6.45) is 1.45. The van der Waals surface area contributed by atoms with Gasteiger partial charge in [0.05, 0.1) is 17.8 Å². The van der Waals surface area contributed by atoms with Gasteiger partial charge in [0.25, 0.3) is 0 Å². The van der Waals surface area contributed by atoms with E-state index in [2.05, 4.69) is 0 Å². The third kappa shape index (κ3) is 3.09. The molecule has 0 aromatic heterocycles. The highest BCUT2D eigenvalue weighted by molar-refractivity contribution is 6.55. The lowest BCUT2D eigenvalue weighted by molar-refractivity contribution is 0.00578. The molecule has 1 aliphatic heterocycles. The van der Waals surface area contributed by atoms with Gasteiger partial charge in [0.15, 0.2) is 0 Å². The average molecular weight is 310 g/mol. The van der Waals surface area contributed by atoms with Gasteiger partial charge in [-0.05, 0) is 51.7 Å². The van der Waals surface area contributed by atoms with Crippen molar-refractivity contribution < 1.29 is 23.2 Å². The number of aliphatic hydroxyl groups excluding tert-OH is 1. The summed E-state index contributed by atoms with van der Waals surface area (Å²) in [5, 5.41) is 9.58. The fraction of sp³-hybridized carbons (Fsp3) is 0.500. The lowest BCUT2D eigenvalue weighted by atomic mass is 9.77.